The predicted octanol–water partition coefficient (Wildman–Crippen LogP) is 4.11. The largest absolute Gasteiger partial charge is 0.355 e. The lowest BCUT2D eigenvalue weighted by Crippen LogP contribution is -2.34. The Labute approximate surface area is 173 Å². The van der Waals surface area contributed by atoms with Crippen LogP contribution in [0.5, 0.6) is 0 Å². The van der Waals surface area contributed by atoms with Crippen molar-refractivity contribution in [2.24, 2.45) is 0 Å². The first-order chi connectivity index (χ1) is 13.6. The Balaban J connectivity index is 1.61. The molecule has 0 aliphatic heterocycles. The maximum absolute atomic E-state index is 12.6. The van der Waals surface area contributed by atoms with Crippen LogP contribution in [0.4, 0.5) is 0 Å². The molecule has 2 aromatic carbocycles. The first kappa shape index (κ1) is 20.4. The molecule has 0 radical (unpaired) electrons. The summed E-state index contributed by atoms with van der Waals surface area (Å²) in [4.78, 5) is 12.6. The summed E-state index contributed by atoms with van der Waals surface area (Å²) >= 11 is 7.37. The second kappa shape index (κ2) is 9.71. The normalized spacial score (nSPS) is 13.1. The minimum Gasteiger partial charge on any atom is -0.355 e. The number of nitrogens with zero attached hydrogens (tertiary/aromatic N) is 4. The number of tetrazole rings is 1. The van der Waals surface area contributed by atoms with E-state index in [9.17, 15) is 4.79 Å². The van der Waals surface area contributed by atoms with Gasteiger partial charge in [-0.2, -0.15) is 4.68 Å². The number of thioether (sulfide) groups is 1. The molecule has 0 aliphatic carbocycles. The quantitative estimate of drug-likeness (QED) is 0.560. The fraction of sp³-hybridized carbons (Fsp3) is 0.300. The molecule has 0 unspecified atom stereocenters. The Morgan fingerprint density at radius 1 is 1.21 bits per heavy atom. The van der Waals surface area contributed by atoms with E-state index in [4.69, 9.17) is 11.6 Å². The minimum absolute atomic E-state index is 0.0416. The van der Waals surface area contributed by atoms with E-state index >= 15 is 0 Å². The SMILES string of the molecule is CC[C@@H](CNC(=O)[C@@H](C)Sc1nnnn1-c1cccc(Cl)c1)c1ccccc1. The molecule has 1 heterocycles. The number of aromatic nitrogens is 4. The summed E-state index contributed by atoms with van der Waals surface area (Å²) in [5.74, 6) is 0.249. The van der Waals surface area contributed by atoms with Gasteiger partial charge < -0.3 is 5.32 Å². The van der Waals surface area contributed by atoms with Gasteiger partial charge >= 0.3 is 0 Å². The minimum atomic E-state index is -0.336. The molecule has 0 aliphatic rings. The first-order valence-corrected chi connectivity index (χ1v) is 10.4. The second-order valence-corrected chi connectivity index (χ2v) is 8.12. The number of hydrogen-bond donors (Lipinski definition) is 1. The summed E-state index contributed by atoms with van der Waals surface area (Å²) in [7, 11) is 0. The molecule has 0 fully saturated rings. The van der Waals surface area contributed by atoms with Gasteiger partial charge in [0.1, 0.15) is 0 Å². The smallest absolute Gasteiger partial charge is 0.233 e. The van der Waals surface area contributed by atoms with Crippen LogP contribution in [0.2, 0.25) is 5.02 Å². The first-order valence-electron chi connectivity index (χ1n) is 9.12. The van der Waals surface area contributed by atoms with Crippen LogP contribution >= 0.6 is 23.4 Å². The number of rotatable bonds is 8. The lowest BCUT2D eigenvalue weighted by molar-refractivity contribution is -0.120. The van der Waals surface area contributed by atoms with Crippen molar-refractivity contribution in [3.63, 3.8) is 0 Å². The average molecular weight is 416 g/mol. The molecule has 3 aromatic rings. The maximum atomic E-state index is 12.6. The number of carbonyl (C=O) groups excluding carboxylic acids is 1. The van der Waals surface area contributed by atoms with Crippen molar-refractivity contribution in [1.29, 1.82) is 0 Å². The third kappa shape index (κ3) is 5.11. The molecular formula is C20H22ClN5OS. The molecule has 0 saturated carbocycles. The van der Waals surface area contributed by atoms with Gasteiger partial charge in [-0.15, -0.1) is 5.10 Å². The van der Waals surface area contributed by atoms with Crippen LogP contribution in [-0.4, -0.2) is 37.9 Å². The summed E-state index contributed by atoms with van der Waals surface area (Å²) in [6, 6.07) is 17.5. The van der Waals surface area contributed by atoms with Gasteiger partial charge in [0.2, 0.25) is 11.1 Å². The van der Waals surface area contributed by atoms with Gasteiger partial charge in [0.05, 0.1) is 10.9 Å². The summed E-state index contributed by atoms with van der Waals surface area (Å²) in [5.41, 5.74) is 1.98. The Morgan fingerprint density at radius 2 is 2.00 bits per heavy atom. The maximum Gasteiger partial charge on any atom is 0.233 e. The highest BCUT2D eigenvalue weighted by Gasteiger charge is 2.20. The van der Waals surface area contributed by atoms with E-state index in [0.29, 0.717) is 22.6 Å². The summed E-state index contributed by atoms with van der Waals surface area (Å²) in [6.45, 7) is 4.57. The number of amides is 1. The van der Waals surface area contributed by atoms with Gasteiger partial charge in [-0.05, 0) is 47.5 Å². The summed E-state index contributed by atoms with van der Waals surface area (Å²) in [5, 5.41) is 15.6. The fourth-order valence-corrected chi connectivity index (χ4v) is 3.84. The van der Waals surface area contributed by atoms with E-state index in [1.807, 2.05) is 37.3 Å². The number of halogens is 1. The van der Waals surface area contributed by atoms with Gasteiger partial charge in [-0.25, -0.2) is 0 Å². The molecule has 1 N–H and O–H groups in total. The summed E-state index contributed by atoms with van der Waals surface area (Å²) < 4.78 is 1.58. The van der Waals surface area contributed by atoms with Gasteiger partial charge in [0, 0.05) is 17.5 Å². The number of hydrogen-bond acceptors (Lipinski definition) is 5. The zero-order chi connectivity index (χ0) is 19.9. The summed E-state index contributed by atoms with van der Waals surface area (Å²) in [6.07, 6.45) is 0.957. The van der Waals surface area contributed by atoms with Gasteiger partial charge in [0.15, 0.2) is 0 Å². The molecular weight excluding hydrogens is 394 g/mol. The molecule has 1 aromatic heterocycles. The lowest BCUT2D eigenvalue weighted by Gasteiger charge is -2.18. The monoisotopic (exact) mass is 415 g/mol. The molecule has 0 saturated heterocycles. The highest BCUT2D eigenvalue weighted by atomic mass is 35.5. The number of carbonyl (C=O) groups is 1. The number of benzene rings is 2. The second-order valence-electron chi connectivity index (χ2n) is 6.37. The van der Waals surface area contributed by atoms with Crippen molar-refractivity contribution in [3.8, 4) is 5.69 Å². The Morgan fingerprint density at radius 3 is 2.71 bits per heavy atom. The van der Waals surface area contributed by atoms with Crippen molar-refractivity contribution in [1.82, 2.24) is 25.5 Å². The zero-order valence-corrected chi connectivity index (χ0v) is 17.3. The van der Waals surface area contributed by atoms with E-state index in [2.05, 4.69) is 39.9 Å². The molecule has 2 atom stereocenters. The van der Waals surface area contributed by atoms with Crippen LogP contribution in [0.3, 0.4) is 0 Å². The van der Waals surface area contributed by atoms with Crippen LogP contribution in [-0.2, 0) is 4.79 Å². The predicted molar refractivity (Wildman–Crippen MR) is 112 cm³/mol. The Kier molecular flexibility index (Phi) is 7.06. The van der Waals surface area contributed by atoms with Crippen LogP contribution in [0.25, 0.3) is 5.69 Å². The van der Waals surface area contributed by atoms with Crippen molar-refractivity contribution in [2.75, 3.05) is 6.54 Å². The average Bonchev–Trinajstić information content (AvgIpc) is 3.17. The molecule has 6 nitrogen and oxygen atoms in total. The highest BCUT2D eigenvalue weighted by molar-refractivity contribution is 8.00. The van der Waals surface area contributed by atoms with Crippen molar-refractivity contribution in [3.05, 3.63) is 65.2 Å². The van der Waals surface area contributed by atoms with Crippen molar-refractivity contribution < 1.29 is 4.79 Å². The zero-order valence-electron chi connectivity index (χ0n) is 15.7. The van der Waals surface area contributed by atoms with E-state index in [1.54, 1.807) is 16.8 Å². The molecule has 146 valence electrons. The molecule has 3 rings (SSSR count). The molecule has 0 bridgehead atoms. The lowest BCUT2D eigenvalue weighted by atomic mass is 9.96. The fourth-order valence-electron chi connectivity index (χ4n) is 2.82. The van der Waals surface area contributed by atoms with Gasteiger partial charge in [-0.3, -0.25) is 4.79 Å². The molecule has 1 amide bonds. The third-order valence-electron chi connectivity index (χ3n) is 4.43. The van der Waals surface area contributed by atoms with Gasteiger partial charge in [0.25, 0.3) is 0 Å². The van der Waals surface area contributed by atoms with Crippen LogP contribution in [0, 0.1) is 0 Å². The van der Waals surface area contributed by atoms with Crippen LogP contribution < -0.4 is 5.32 Å². The van der Waals surface area contributed by atoms with Crippen LogP contribution in [0.1, 0.15) is 31.7 Å². The van der Waals surface area contributed by atoms with E-state index in [1.165, 1.54) is 17.3 Å². The topological polar surface area (TPSA) is 72.7 Å². The Hall–Kier alpha value is -2.38. The van der Waals surface area contributed by atoms with Crippen molar-refractivity contribution >= 4 is 29.3 Å². The molecule has 8 heteroatoms. The van der Waals surface area contributed by atoms with Crippen LogP contribution in [0.15, 0.2) is 59.8 Å². The van der Waals surface area contributed by atoms with Gasteiger partial charge in [-0.1, -0.05) is 66.7 Å². The van der Waals surface area contributed by atoms with E-state index in [0.717, 1.165) is 12.1 Å². The highest BCUT2D eigenvalue weighted by Crippen LogP contribution is 2.24. The van der Waals surface area contributed by atoms with E-state index < -0.39 is 0 Å². The number of nitrogens with one attached hydrogen (secondary N) is 1. The molecule has 28 heavy (non-hydrogen) atoms. The van der Waals surface area contributed by atoms with Crippen molar-refractivity contribution in [2.45, 2.75) is 36.6 Å². The van der Waals surface area contributed by atoms with E-state index in [-0.39, 0.29) is 11.2 Å². The third-order valence-corrected chi connectivity index (χ3v) is 5.70. The Bertz CT molecular complexity index is 918. The molecule has 0 spiro atoms. The standard InChI is InChI=1S/C20H22ClN5OS/c1-3-15(16-8-5-4-6-9-16)13-22-19(27)14(2)28-20-23-24-25-26(20)18-11-7-10-17(21)12-18/h4-12,14-15H,3,13H2,1-2H3,(H,22,27)/t14-,15+/m1/s1.